The summed E-state index contributed by atoms with van der Waals surface area (Å²) in [5, 5.41) is 3.12. The third-order valence-corrected chi connectivity index (χ3v) is 6.04. The van der Waals surface area contributed by atoms with Crippen LogP contribution in [0.1, 0.15) is 11.1 Å². The Hall–Kier alpha value is -2.77. The molecular weight excluding hydrogens is 392 g/mol. The Labute approximate surface area is 184 Å². The van der Waals surface area contributed by atoms with Gasteiger partial charge in [-0.2, -0.15) is 0 Å². The molecule has 2 aromatic carbocycles. The highest BCUT2D eigenvalue weighted by Crippen LogP contribution is 2.28. The van der Waals surface area contributed by atoms with Gasteiger partial charge in [0.1, 0.15) is 5.75 Å². The van der Waals surface area contributed by atoms with Gasteiger partial charge in [-0.3, -0.25) is 4.90 Å². The molecule has 0 radical (unpaired) electrons. The van der Waals surface area contributed by atoms with Gasteiger partial charge in [0.15, 0.2) is 0 Å². The van der Waals surface area contributed by atoms with E-state index in [4.69, 9.17) is 9.47 Å². The first-order valence-electron chi connectivity index (χ1n) is 11.0. The Morgan fingerprint density at radius 3 is 2.35 bits per heavy atom. The summed E-state index contributed by atoms with van der Waals surface area (Å²) in [6.07, 6.45) is 0. The molecule has 166 valence electrons. The number of hydrogen-bond acceptors (Lipinski definition) is 5. The molecule has 2 fully saturated rings. The quantitative estimate of drug-likeness (QED) is 0.773. The lowest BCUT2D eigenvalue weighted by Gasteiger charge is -2.36. The van der Waals surface area contributed by atoms with E-state index in [0.717, 1.165) is 57.4 Å². The van der Waals surface area contributed by atoms with Gasteiger partial charge in [-0.25, -0.2) is 4.79 Å². The third-order valence-electron chi connectivity index (χ3n) is 6.04. The number of methoxy groups -OCH3 is 1. The second-order valence-corrected chi connectivity index (χ2v) is 7.96. The summed E-state index contributed by atoms with van der Waals surface area (Å²) in [7, 11) is 1.69. The molecule has 7 heteroatoms. The number of amides is 2. The second kappa shape index (κ2) is 10.5. The molecule has 1 N–H and O–H groups in total. The summed E-state index contributed by atoms with van der Waals surface area (Å²) in [5.41, 5.74) is 3.53. The molecule has 0 saturated carbocycles. The number of nitrogens with one attached hydrogen (secondary N) is 1. The normalized spacial score (nSPS) is 17.5. The molecule has 0 spiro atoms. The van der Waals surface area contributed by atoms with Gasteiger partial charge in [0.05, 0.1) is 26.0 Å². The monoisotopic (exact) mass is 424 g/mol. The van der Waals surface area contributed by atoms with Crippen molar-refractivity contribution in [3.8, 4) is 5.75 Å². The molecule has 2 amide bonds. The van der Waals surface area contributed by atoms with Crippen molar-refractivity contribution in [2.75, 3.05) is 64.5 Å². The number of para-hydroxylation sites is 2. The molecule has 2 aliphatic heterocycles. The first-order chi connectivity index (χ1) is 15.2. The summed E-state index contributed by atoms with van der Waals surface area (Å²) >= 11 is 0. The number of piperazine rings is 1. The molecule has 31 heavy (non-hydrogen) atoms. The number of rotatable bonds is 6. The topological polar surface area (TPSA) is 57.3 Å². The zero-order valence-corrected chi connectivity index (χ0v) is 18.3. The molecule has 0 atom stereocenters. The highest BCUT2D eigenvalue weighted by atomic mass is 16.5. The van der Waals surface area contributed by atoms with Gasteiger partial charge >= 0.3 is 6.03 Å². The van der Waals surface area contributed by atoms with Gasteiger partial charge in [-0.05, 0) is 23.3 Å². The Bertz CT molecular complexity index is 861. The van der Waals surface area contributed by atoms with Crippen LogP contribution in [0.25, 0.3) is 0 Å². The van der Waals surface area contributed by atoms with Crippen LogP contribution >= 0.6 is 0 Å². The van der Waals surface area contributed by atoms with Crippen LogP contribution in [0.4, 0.5) is 10.5 Å². The number of carbonyl (C=O) groups excluding carboxylic acids is 1. The van der Waals surface area contributed by atoms with Crippen molar-refractivity contribution in [1.29, 1.82) is 0 Å². The van der Waals surface area contributed by atoms with E-state index in [1.807, 2.05) is 29.2 Å². The average Bonchev–Trinajstić information content (AvgIpc) is 2.84. The molecule has 2 aromatic rings. The summed E-state index contributed by atoms with van der Waals surface area (Å²) in [5.74, 6) is 0.872. The lowest BCUT2D eigenvalue weighted by Crippen LogP contribution is -2.51. The molecule has 0 aromatic heterocycles. The summed E-state index contributed by atoms with van der Waals surface area (Å²) in [4.78, 5) is 19.4. The number of ether oxygens (including phenoxy) is 2. The van der Waals surface area contributed by atoms with Crippen molar-refractivity contribution in [2.24, 2.45) is 0 Å². The first kappa shape index (κ1) is 21.5. The number of morpholine rings is 1. The van der Waals surface area contributed by atoms with Crippen LogP contribution in [0.3, 0.4) is 0 Å². The Kier molecular flexibility index (Phi) is 7.27. The van der Waals surface area contributed by atoms with Crippen LogP contribution in [0.5, 0.6) is 5.75 Å². The van der Waals surface area contributed by atoms with E-state index < -0.39 is 0 Å². The summed E-state index contributed by atoms with van der Waals surface area (Å²) in [6.45, 7) is 7.91. The first-order valence-corrected chi connectivity index (χ1v) is 11.0. The largest absolute Gasteiger partial charge is 0.495 e. The van der Waals surface area contributed by atoms with Crippen LogP contribution in [0, 0.1) is 0 Å². The van der Waals surface area contributed by atoms with E-state index in [2.05, 4.69) is 39.4 Å². The van der Waals surface area contributed by atoms with Gasteiger partial charge in [0.25, 0.3) is 0 Å². The summed E-state index contributed by atoms with van der Waals surface area (Å²) in [6, 6.07) is 16.4. The number of hydrogen-bond donors (Lipinski definition) is 1. The maximum atomic E-state index is 12.8. The van der Waals surface area contributed by atoms with Gasteiger partial charge in [-0.1, -0.05) is 36.4 Å². The summed E-state index contributed by atoms with van der Waals surface area (Å²) < 4.78 is 10.9. The SMILES string of the molecule is COc1ccccc1N1CCN(C(=O)NCc2ccccc2CN2CCOCC2)CC1. The molecule has 0 unspecified atom stereocenters. The standard InChI is InChI=1S/C24H32N4O3/c1-30-23-9-5-4-8-22(23)27-10-12-28(13-11-27)24(29)25-18-20-6-2-3-7-21(20)19-26-14-16-31-17-15-26/h2-9H,10-19H2,1H3,(H,25,29). The predicted molar refractivity (Wildman–Crippen MR) is 122 cm³/mol. The number of benzene rings is 2. The number of urea groups is 1. The van der Waals surface area contributed by atoms with Crippen LogP contribution in [-0.4, -0.2) is 75.4 Å². The zero-order valence-electron chi connectivity index (χ0n) is 18.3. The lowest BCUT2D eigenvalue weighted by molar-refractivity contribution is 0.0341. The third kappa shape index (κ3) is 5.48. The van der Waals surface area contributed by atoms with Crippen molar-refractivity contribution in [3.05, 3.63) is 59.7 Å². The van der Waals surface area contributed by atoms with Crippen molar-refractivity contribution in [1.82, 2.24) is 15.1 Å². The maximum Gasteiger partial charge on any atom is 0.317 e. The second-order valence-electron chi connectivity index (χ2n) is 7.96. The average molecular weight is 425 g/mol. The minimum absolute atomic E-state index is 0.000789. The predicted octanol–water partition coefficient (Wildman–Crippen LogP) is 2.56. The van der Waals surface area contributed by atoms with Crippen molar-refractivity contribution >= 4 is 11.7 Å². The van der Waals surface area contributed by atoms with Gasteiger partial charge < -0.3 is 24.6 Å². The van der Waals surface area contributed by atoms with E-state index in [-0.39, 0.29) is 6.03 Å². The maximum absolute atomic E-state index is 12.8. The lowest BCUT2D eigenvalue weighted by atomic mass is 10.1. The van der Waals surface area contributed by atoms with E-state index in [0.29, 0.717) is 19.6 Å². The molecule has 4 rings (SSSR count). The minimum atomic E-state index is 0.000789. The van der Waals surface area contributed by atoms with Gasteiger partial charge in [0, 0.05) is 52.4 Å². The number of carbonyl (C=O) groups is 1. The van der Waals surface area contributed by atoms with Crippen LogP contribution in [-0.2, 0) is 17.8 Å². The van der Waals surface area contributed by atoms with Crippen LogP contribution in [0.15, 0.2) is 48.5 Å². The number of anilines is 1. The Morgan fingerprint density at radius 1 is 0.935 bits per heavy atom. The molecular formula is C24H32N4O3. The van der Waals surface area contributed by atoms with E-state index in [9.17, 15) is 4.79 Å². The van der Waals surface area contributed by atoms with Crippen LogP contribution in [0.2, 0.25) is 0 Å². The molecule has 0 bridgehead atoms. The van der Waals surface area contributed by atoms with E-state index >= 15 is 0 Å². The van der Waals surface area contributed by atoms with E-state index in [1.165, 1.54) is 11.1 Å². The van der Waals surface area contributed by atoms with Gasteiger partial charge in [0.2, 0.25) is 0 Å². The Balaban J connectivity index is 1.29. The molecule has 0 aliphatic carbocycles. The fourth-order valence-electron chi connectivity index (χ4n) is 4.21. The highest BCUT2D eigenvalue weighted by molar-refractivity contribution is 5.74. The molecule has 2 saturated heterocycles. The molecule has 7 nitrogen and oxygen atoms in total. The zero-order chi connectivity index (χ0) is 21.5. The van der Waals surface area contributed by atoms with Crippen LogP contribution < -0.4 is 15.0 Å². The molecule has 2 aliphatic rings. The van der Waals surface area contributed by atoms with E-state index in [1.54, 1.807) is 7.11 Å². The van der Waals surface area contributed by atoms with Gasteiger partial charge in [-0.15, -0.1) is 0 Å². The molecule has 2 heterocycles. The van der Waals surface area contributed by atoms with Crippen molar-refractivity contribution < 1.29 is 14.3 Å². The fraction of sp³-hybridized carbons (Fsp3) is 0.458. The smallest absolute Gasteiger partial charge is 0.317 e. The Morgan fingerprint density at radius 2 is 1.61 bits per heavy atom. The minimum Gasteiger partial charge on any atom is -0.495 e. The number of nitrogens with zero attached hydrogens (tertiary/aromatic N) is 3. The highest BCUT2D eigenvalue weighted by Gasteiger charge is 2.23. The van der Waals surface area contributed by atoms with Crippen molar-refractivity contribution in [3.63, 3.8) is 0 Å². The van der Waals surface area contributed by atoms with Crippen molar-refractivity contribution in [2.45, 2.75) is 13.1 Å². The fourth-order valence-corrected chi connectivity index (χ4v) is 4.21.